The Labute approximate surface area is 110 Å². The fraction of sp³-hybridized carbons (Fsp3) is 0.308. The fourth-order valence-corrected chi connectivity index (χ4v) is 2.08. The minimum atomic E-state index is -1.81. The lowest BCUT2D eigenvalue weighted by Gasteiger charge is -2.18. The first-order valence-electron chi connectivity index (χ1n) is 5.86. The van der Waals surface area contributed by atoms with Crippen LogP contribution < -0.4 is 5.46 Å². The summed E-state index contributed by atoms with van der Waals surface area (Å²) in [4.78, 5) is 4.04. The number of benzene rings is 1. The van der Waals surface area contributed by atoms with Crippen LogP contribution in [0.5, 0.6) is 0 Å². The van der Waals surface area contributed by atoms with E-state index in [1.807, 2.05) is 0 Å². The minimum Gasteiger partial charge on any atom is -0.423 e. The summed E-state index contributed by atoms with van der Waals surface area (Å²) in [5, 5.41) is 18.5. The lowest BCUT2D eigenvalue weighted by molar-refractivity contribution is 0.223. The van der Waals surface area contributed by atoms with E-state index in [-0.39, 0.29) is 21.9 Å². The number of rotatable bonds is 2. The van der Waals surface area contributed by atoms with E-state index >= 15 is 0 Å². The Morgan fingerprint density at radius 1 is 1.21 bits per heavy atom. The summed E-state index contributed by atoms with van der Waals surface area (Å²) in [6, 6.07) is 3.88. The zero-order chi connectivity index (χ0) is 14.4. The zero-order valence-electron chi connectivity index (χ0n) is 10.9. The van der Waals surface area contributed by atoms with Gasteiger partial charge < -0.3 is 10.0 Å². The minimum absolute atomic E-state index is 0.0267. The summed E-state index contributed by atoms with van der Waals surface area (Å²) in [6.07, 6.45) is 0. The van der Waals surface area contributed by atoms with Crippen molar-refractivity contribution in [1.82, 2.24) is 4.98 Å². The number of hydrogen-bond donors (Lipinski definition) is 2. The molecule has 2 N–H and O–H groups in total. The van der Waals surface area contributed by atoms with E-state index < -0.39 is 18.6 Å². The lowest BCUT2D eigenvalue weighted by Crippen LogP contribution is -2.30. The second kappa shape index (κ2) is 4.54. The summed E-state index contributed by atoms with van der Waals surface area (Å²) in [5.41, 5.74) is -0.899. The molecule has 0 unspecified atom stereocenters. The summed E-state index contributed by atoms with van der Waals surface area (Å²) < 4.78 is 28.2. The molecule has 1 aromatic carbocycles. The molecule has 1 heterocycles. The van der Waals surface area contributed by atoms with Crippen LogP contribution in [0.2, 0.25) is 0 Å². The van der Waals surface area contributed by atoms with Gasteiger partial charge in [0.05, 0.1) is 0 Å². The highest BCUT2D eigenvalue weighted by Crippen LogP contribution is 2.31. The van der Waals surface area contributed by atoms with Crippen molar-refractivity contribution in [3.63, 3.8) is 0 Å². The predicted octanol–water partition coefficient (Wildman–Crippen LogP) is 1.57. The maximum atomic E-state index is 14.2. The van der Waals surface area contributed by atoms with Gasteiger partial charge in [0, 0.05) is 11.1 Å². The lowest BCUT2D eigenvalue weighted by atomic mass is 9.78. The SMILES string of the molecule is Cc1cc(C(C)(C)F)c2cc(B(O)O)cc(F)c2n1. The molecule has 100 valence electrons. The summed E-state index contributed by atoms with van der Waals surface area (Å²) >= 11 is 0. The average molecular weight is 265 g/mol. The predicted molar refractivity (Wildman–Crippen MR) is 70.4 cm³/mol. The van der Waals surface area contributed by atoms with E-state index in [0.29, 0.717) is 5.69 Å². The van der Waals surface area contributed by atoms with E-state index in [0.717, 1.165) is 6.07 Å². The molecule has 1 aromatic heterocycles. The Morgan fingerprint density at radius 2 is 1.84 bits per heavy atom. The molecule has 0 amide bonds. The van der Waals surface area contributed by atoms with Gasteiger partial charge in [0.1, 0.15) is 17.0 Å². The molecule has 0 aliphatic carbocycles. The van der Waals surface area contributed by atoms with Crippen LogP contribution in [0.1, 0.15) is 25.1 Å². The van der Waals surface area contributed by atoms with Crippen LogP contribution >= 0.6 is 0 Å². The Hall–Kier alpha value is -1.53. The molecule has 0 atom stereocenters. The Balaban J connectivity index is 2.88. The van der Waals surface area contributed by atoms with Crippen LogP contribution in [-0.2, 0) is 5.67 Å². The van der Waals surface area contributed by atoms with Gasteiger partial charge in [-0.05, 0) is 43.9 Å². The third-order valence-electron chi connectivity index (χ3n) is 2.96. The van der Waals surface area contributed by atoms with Crippen molar-refractivity contribution in [1.29, 1.82) is 0 Å². The van der Waals surface area contributed by atoms with Gasteiger partial charge >= 0.3 is 7.12 Å². The molecule has 0 radical (unpaired) electrons. The number of nitrogens with zero attached hydrogens (tertiary/aromatic N) is 1. The summed E-state index contributed by atoms with van der Waals surface area (Å²) in [5.74, 6) is -0.699. The van der Waals surface area contributed by atoms with Crippen molar-refractivity contribution < 1.29 is 18.8 Å². The topological polar surface area (TPSA) is 53.4 Å². The second-order valence-electron chi connectivity index (χ2n) is 5.06. The molecule has 0 saturated heterocycles. The van der Waals surface area contributed by atoms with Gasteiger partial charge in [-0.25, -0.2) is 8.78 Å². The molecule has 19 heavy (non-hydrogen) atoms. The molecule has 6 heteroatoms. The van der Waals surface area contributed by atoms with Gasteiger partial charge in [-0.3, -0.25) is 4.98 Å². The number of aromatic nitrogens is 1. The van der Waals surface area contributed by atoms with E-state index in [9.17, 15) is 8.78 Å². The smallest absolute Gasteiger partial charge is 0.423 e. The maximum absolute atomic E-state index is 14.2. The number of pyridine rings is 1. The quantitative estimate of drug-likeness (QED) is 0.810. The first-order chi connectivity index (χ1) is 8.70. The fourth-order valence-electron chi connectivity index (χ4n) is 2.08. The third kappa shape index (κ3) is 2.59. The van der Waals surface area contributed by atoms with Crippen LogP contribution in [-0.4, -0.2) is 22.2 Å². The molecule has 2 rings (SSSR count). The number of fused-ring (bicyclic) bond motifs is 1. The Kier molecular flexibility index (Phi) is 3.32. The van der Waals surface area contributed by atoms with Crippen molar-refractivity contribution in [2.75, 3.05) is 0 Å². The first kappa shape index (κ1) is 13.9. The van der Waals surface area contributed by atoms with E-state index in [1.54, 1.807) is 6.92 Å². The molecular weight excluding hydrogens is 251 g/mol. The van der Waals surface area contributed by atoms with Gasteiger partial charge in [0.2, 0.25) is 0 Å². The number of aryl methyl sites for hydroxylation is 1. The van der Waals surface area contributed by atoms with Crippen molar-refractivity contribution in [3.05, 3.63) is 35.3 Å². The van der Waals surface area contributed by atoms with Crippen LogP contribution in [0, 0.1) is 12.7 Å². The largest absolute Gasteiger partial charge is 0.488 e. The molecule has 0 fully saturated rings. The summed E-state index contributed by atoms with van der Waals surface area (Å²) in [6.45, 7) is 4.38. The van der Waals surface area contributed by atoms with Crippen molar-refractivity contribution in [2.45, 2.75) is 26.4 Å². The van der Waals surface area contributed by atoms with Crippen LogP contribution in [0.3, 0.4) is 0 Å². The monoisotopic (exact) mass is 265 g/mol. The van der Waals surface area contributed by atoms with Crippen LogP contribution in [0.25, 0.3) is 10.9 Å². The molecule has 0 bridgehead atoms. The standard InChI is InChI=1S/C13H14BF2NO2/c1-7-4-10(13(2,3)16)9-5-8(14(18)19)6-11(15)12(9)17-7/h4-6,18-19H,1-3H3. The first-order valence-corrected chi connectivity index (χ1v) is 5.86. The molecule has 3 nitrogen and oxygen atoms in total. The Bertz CT molecular complexity index is 639. The second-order valence-corrected chi connectivity index (χ2v) is 5.06. The average Bonchev–Trinajstić information content (AvgIpc) is 2.27. The molecular formula is C13H14BF2NO2. The number of hydrogen-bond acceptors (Lipinski definition) is 3. The summed E-state index contributed by atoms with van der Waals surface area (Å²) in [7, 11) is -1.81. The number of halogens is 2. The van der Waals surface area contributed by atoms with Crippen LogP contribution in [0.15, 0.2) is 18.2 Å². The molecule has 0 aliphatic rings. The number of alkyl halides is 1. The molecule has 2 aromatic rings. The highest BCUT2D eigenvalue weighted by atomic mass is 19.1. The van der Waals surface area contributed by atoms with Gasteiger partial charge in [-0.1, -0.05) is 6.07 Å². The van der Waals surface area contributed by atoms with Gasteiger partial charge in [-0.15, -0.1) is 0 Å². The highest BCUT2D eigenvalue weighted by Gasteiger charge is 2.25. The highest BCUT2D eigenvalue weighted by molar-refractivity contribution is 6.58. The zero-order valence-corrected chi connectivity index (χ0v) is 10.9. The third-order valence-corrected chi connectivity index (χ3v) is 2.96. The van der Waals surface area contributed by atoms with Gasteiger partial charge in [0.25, 0.3) is 0 Å². The molecule has 0 spiro atoms. The van der Waals surface area contributed by atoms with E-state index in [1.165, 1.54) is 26.0 Å². The van der Waals surface area contributed by atoms with Crippen LogP contribution in [0.4, 0.5) is 8.78 Å². The normalized spacial score (nSPS) is 11.9. The molecule has 0 saturated carbocycles. The van der Waals surface area contributed by atoms with Crippen molar-refractivity contribution in [3.8, 4) is 0 Å². The maximum Gasteiger partial charge on any atom is 0.488 e. The van der Waals surface area contributed by atoms with Gasteiger partial charge in [-0.2, -0.15) is 0 Å². The van der Waals surface area contributed by atoms with E-state index in [2.05, 4.69) is 4.98 Å². The van der Waals surface area contributed by atoms with Crippen molar-refractivity contribution >= 4 is 23.5 Å². The van der Waals surface area contributed by atoms with Gasteiger partial charge in [0.15, 0.2) is 0 Å². The molecule has 0 aliphatic heterocycles. The Morgan fingerprint density at radius 3 is 2.37 bits per heavy atom. The van der Waals surface area contributed by atoms with E-state index in [4.69, 9.17) is 10.0 Å². The van der Waals surface area contributed by atoms with Crippen molar-refractivity contribution in [2.24, 2.45) is 0 Å².